The van der Waals surface area contributed by atoms with Crippen LogP contribution in [0, 0.1) is 11.8 Å². The molecule has 0 heterocycles. The molecule has 1 fully saturated rings. The first-order chi connectivity index (χ1) is 7.69. The maximum absolute atomic E-state index is 11.5. The second kappa shape index (κ2) is 6.51. The highest BCUT2D eigenvalue weighted by Gasteiger charge is 2.33. The van der Waals surface area contributed by atoms with E-state index in [2.05, 4.69) is 0 Å². The van der Waals surface area contributed by atoms with Crippen LogP contribution >= 0.6 is 0 Å². The van der Waals surface area contributed by atoms with Gasteiger partial charge in [-0.15, -0.1) is 0 Å². The number of carbonyl (C=O) groups excluding carboxylic acids is 2. The van der Waals surface area contributed by atoms with Crippen molar-refractivity contribution in [3.63, 3.8) is 0 Å². The second-order valence-electron chi connectivity index (χ2n) is 4.18. The van der Waals surface area contributed by atoms with Crippen molar-refractivity contribution in [1.82, 2.24) is 0 Å². The average molecular weight is 228 g/mol. The van der Waals surface area contributed by atoms with Crippen molar-refractivity contribution in [1.29, 1.82) is 0 Å². The van der Waals surface area contributed by atoms with Crippen molar-refractivity contribution in [2.24, 2.45) is 11.8 Å². The maximum atomic E-state index is 11.5. The lowest BCUT2D eigenvalue weighted by Gasteiger charge is -2.28. The molecule has 0 aromatic heterocycles. The molecule has 0 N–H and O–H groups in total. The Kier molecular flexibility index (Phi) is 5.29. The van der Waals surface area contributed by atoms with Gasteiger partial charge in [0.2, 0.25) is 0 Å². The van der Waals surface area contributed by atoms with Crippen LogP contribution < -0.4 is 0 Å². The fourth-order valence-corrected chi connectivity index (χ4v) is 2.35. The molecule has 0 bridgehead atoms. The van der Waals surface area contributed by atoms with Gasteiger partial charge < -0.3 is 9.47 Å². The second-order valence-corrected chi connectivity index (χ2v) is 4.18. The quantitative estimate of drug-likeness (QED) is 0.690. The largest absolute Gasteiger partial charge is 0.469 e. The predicted molar refractivity (Wildman–Crippen MR) is 58.7 cm³/mol. The van der Waals surface area contributed by atoms with E-state index in [0.717, 1.165) is 25.7 Å². The lowest BCUT2D eigenvalue weighted by molar-refractivity contribution is -0.151. The molecule has 4 nitrogen and oxygen atoms in total. The molecule has 0 aliphatic heterocycles. The topological polar surface area (TPSA) is 52.6 Å². The number of hydrogen-bond donors (Lipinski definition) is 0. The molecule has 1 aliphatic carbocycles. The van der Waals surface area contributed by atoms with Crippen molar-refractivity contribution in [2.75, 3.05) is 13.7 Å². The van der Waals surface area contributed by atoms with Crippen molar-refractivity contribution in [2.45, 2.75) is 39.0 Å². The summed E-state index contributed by atoms with van der Waals surface area (Å²) >= 11 is 0. The van der Waals surface area contributed by atoms with E-state index in [0.29, 0.717) is 13.0 Å². The predicted octanol–water partition coefficient (Wildman–Crippen LogP) is 1.92. The summed E-state index contributed by atoms with van der Waals surface area (Å²) in [5.74, 6) is -0.416. The highest BCUT2D eigenvalue weighted by atomic mass is 16.5. The molecular weight excluding hydrogens is 208 g/mol. The normalized spacial score (nSPS) is 24.9. The summed E-state index contributed by atoms with van der Waals surface area (Å²) in [4.78, 5) is 22.9. The third-order valence-corrected chi connectivity index (χ3v) is 3.15. The van der Waals surface area contributed by atoms with Crippen LogP contribution in [0.5, 0.6) is 0 Å². The summed E-state index contributed by atoms with van der Waals surface area (Å²) in [6, 6.07) is 0. The number of methoxy groups -OCH3 is 1. The van der Waals surface area contributed by atoms with Gasteiger partial charge in [-0.05, 0) is 25.7 Å². The Bertz CT molecular complexity index is 249. The van der Waals surface area contributed by atoms with Gasteiger partial charge in [0, 0.05) is 6.42 Å². The van der Waals surface area contributed by atoms with Gasteiger partial charge in [0.05, 0.1) is 19.6 Å². The minimum absolute atomic E-state index is 0.0975. The fourth-order valence-electron chi connectivity index (χ4n) is 2.35. The van der Waals surface area contributed by atoms with E-state index >= 15 is 0 Å². The van der Waals surface area contributed by atoms with Crippen LogP contribution in [0.25, 0.3) is 0 Å². The molecule has 1 aliphatic rings. The van der Waals surface area contributed by atoms with E-state index in [1.165, 1.54) is 7.11 Å². The van der Waals surface area contributed by atoms with E-state index in [-0.39, 0.29) is 23.8 Å². The first-order valence-electron chi connectivity index (χ1n) is 5.92. The summed E-state index contributed by atoms with van der Waals surface area (Å²) in [5, 5.41) is 0. The molecule has 16 heavy (non-hydrogen) atoms. The molecule has 92 valence electrons. The van der Waals surface area contributed by atoms with E-state index < -0.39 is 0 Å². The third-order valence-electron chi connectivity index (χ3n) is 3.15. The van der Waals surface area contributed by atoms with Gasteiger partial charge in [0.1, 0.15) is 0 Å². The highest BCUT2D eigenvalue weighted by Crippen LogP contribution is 2.33. The molecule has 0 aromatic rings. The van der Waals surface area contributed by atoms with Crippen LogP contribution in [0.15, 0.2) is 0 Å². The van der Waals surface area contributed by atoms with Gasteiger partial charge in [-0.3, -0.25) is 9.59 Å². The van der Waals surface area contributed by atoms with Gasteiger partial charge >= 0.3 is 11.9 Å². The van der Waals surface area contributed by atoms with Gasteiger partial charge in [-0.1, -0.05) is 12.8 Å². The van der Waals surface area contributed by atoms with Gasteiger partial charge in [-0.25, -0.2) is 0 Å². The maximum Gasteiger partial charge on any atom is 0.308 e. The highest BCUT2D eigenvalue weighted by molar-refractivity contribution is 5.75. The summed E-state index contributed by atoms with van der Waals surface area (Å²) in [7, 11) is 1.40. The molecule has 4 heteroatoms. The molecular formula is C12H20O4. The molecule has 0 unspecified atom stereocenters. The minimum atomic E-state index is -0.205. The molecule has 1 rings (SSSR count). The van der Waals surface area contributed by atoms with Crippen molar-refractivity contribution < 1.29 is 19.1 Å². The van der Waals surface area contributed by atoms with Crippen LogP contribution in [0.1, 0.15) is 39.0 Å². The fraction of sp³-hybridized carbons (Fsp3) is 0.833. The zero-order valence-electron chi connectivity index (χ0n) is 10.0. The van der Waals surface area contributed by atoms with E-state index in [1.807, 2.05) is 0 Å². The van der Waals surface area contributed by atoms with Gasteiger partial charge in [0.25, 0.3) is 0 Å². The zero-order valence-corrected chi connectivity index (χ0v) is 10.0. The smallest absolute Gasteiger partial charge is 0.308 e. The SMILES string of the molecule is CCOC(=O)C[C@H]1CCCC[C@H]1C(=O)OC. The number of hydrogen-bond acceptors (Lipinski definition) is 4. The zero-order chi connectivity index (χ0) is 12.0. The monoisotopic (exact) mass is 228 g/mol. The Morgan fingerprint density at radius 2 is 1.94 bits per heavy atom. The Balaban J connectivity index is 2.53. The van der Waals surface area contributed by atoms with E-state index in [1.54, 1.807) is 6.92 Å². The number of ether oxygens (including phenoxy) is 2. The number of rotatable bonds is 4. The Hall–Kier alpha value is -1.06. The lowest BCUT2D eigenvalue weighted by Crippen LogP contribution is -2.30. The Labute approximate surface area is 96.3 Å². The average Bonchev–Trinajstić information content (AvgIpc) is 2.29. The molecule has 2 atom stereocenters. The summed E-state index contributed by atoms with van der Waals surface area (Å²) < 4.78 is 9.69. The van der Waals surface area contributed by atoms with Crippen LogP contribution in [0.2, 0.25) is 0 Å². The van der Waals surface area contributed by atoms with Gasteiger partial charge in [0.15, 0.2) is 0 Å². The van der Waals surface area contributed by atoms with Crippen LogP contribution in [0.4, 0.5) is 0 Å². The molecule has 0 radical (unpaired) electrons. The van der Waals surface area contributed by atoms with Crippen LogP contribution in [-0.4, -0.2) is 25.7 Å². The van der Waals surface area contributed by atoms with Crippen LogP contribution in [0.3, 0.4) is 0 Å². The first kappa shape index (κ1) is 13.0. The van der Waals surface area contributed by atoms with Crippen molar-refractivity contribution >= 4 is 11.9 Å². The number of esters is 2. The van der Waals surface area contributed by atoms with Crippen molar-refractivity contribution in [3.8, 4) is 0 Å². The first-order valence-corrected chi connectivity index (χ1v) is 5.92. The van der Waals surface area contributed by atoms with E-state index in [9.17, 15) is 9.59 Å². The molecule has 0 saturated heterocycles. The Morgan fingerprint density at radius 1 is 1.25 bits per heavy atom. The number of carbonyl (C=O) groups is 2. The molecule has 0 amide bonds. The van der Waals surface area contributed by atoms with Crippen LogP contribution in [-0.2, 0) is 19.1 Å². The summed E-state index contributed by atoms with van der Waals surface area (Å²) in [5.41, 5.74) is 0. The lowest BCUT2D eigenvalue weighted by atomic mass is 9.77. The summed E-state index contributed by atoms with van der Waals surface area (Å²) in [6.45, 7) is 2.19. The minimum Gasteiger partial charge on any atom is -0.469 e. The summed E-state index contributed by atoms with van der Waals surface area (Å²) in [6.07, 6.45) is 4.21. The van der Waals surface area contributed by atoms with E-state index in [4.69, 9.17) is 9.47 Å². The third kappa shape index (κ3) is 3.51. The molecule has 1 saturated carbocycles. The standard InChI is InChI=1S/C12H20O4/c1-3-16-11(13)8-9-6-4-5-7-10(9)12(14)15-2/h9-10H,3-8H2,1-2H3/t9-,10-/m1/s1. The Morgan fingerprint density at radius 3 is 2.56 bits per heavy atom. The van der Waals surface area contributed by atoms with Gasteiger partial charge in [-0.2, -0.15) is 0 Å². The van der Waals surface area contributed by atoms with Crippen molar-refractivity contribution in [3.05, 3.63) is 0 Å². The molecule has 0 aromatic carbocycles. The molecule has 0 spiro atoms.